The Hall–Kier alpha value is -7.36. The summed E-state index contributed by atoms with van der Waals surface area (Å²) in [4.78, 5) is 42.3. The van der Waals surface area contributed by atoms with E-state index >= 15 is 0 Å². The van der Waals surface area contributed by atoms with E-state index in [1.165, 1.54) is 360 Å². The highest BCUT2D eigenvalue weighted by Gasteiger charge is 2.29. The van der Waals surface area contributed by atoms with Crippen molar-refractivity contribution >= 4 is 44.1 Å². The zero-order valence-electron chi connectivity index (χ0n) is 88.1. The second-order valence-electron chi connectivity index (χ2n) is 40.4. The van der Waals surface area contributed by atoms with E-state index in [1.54, 1.807) is 0 Å². The number of rotatable bonds is 88. The molecule has 0 saturated heterocycles. The zero-order valence-corrected chi connectivity index (χ0v) is 88.1. The number of benzene rings is 4. The fraction of sp³-hybridized carbons (Fsp3) is 0.733. The summed E-state index contributed by atoms with van der Waals surface area (Å²) in [5.41, 5.74) is 5.46. The van der Waals surface area contributed by atoms with Crippen LogP contribution in [-0.4, -0.2) is 92.7 Å². The van der Waals surface area contributed by atoms with Gasteiger partial charge in [-0.1, -0.05) is 466 Å². The lowest BCUT2D eigenvalue weighted by Crippen LogP contribution is -2.03. The van der Waals surface area contributed by atoms with E-state index in [9.17, 15) is 0 Å². The fourth-order valence-corrected chi connectivity index (χ4v) is 19.5. The number of ether oxygens (including phenoxy) is 8. The van der Waals surface area contributed by atoms with Crippen LogP contribution in [0.2, 0.25) is 0 Å². The Morgan fingerprint density at radius 3 is 0.397 bits per heavy atom. The number of unbranched alkanes of at least 4 members (excludes halogenated alkanes) is 64. The number of aromatic amines is 2. The van der Waals surface area contributed by atoms with Gasteiger partial charge >= 0.3 is 0 Å². The Morgan fingerprint density at radius 2 is 0.265 bits per heavy atom. The van der Waals surface area contributed by atoms with Gasteiger partial charge in [-0.15, -0.1) is 0 Å². The normalized spacial score (nSPS) is 11.8. The SMILES string of the molecule is CCCCCCCCCCCOc1cc2c(cc1OCCCCCCCCCCC)-c1nc-2nc2[nH]c(nc3nc(nc4[nH]c(n1)c1cc(OCCCCCCCCCCC)c(OCCCCCCCCCCC)cc41)-c1cc(OCCCCCCCCCCC)c(OCCCCCCCCCCC)cc1-3)c1cc(OCCCCCCCCCCC)c(OCCCCCCCCCCC)cc21. The molecule has 0 saturated carbocycles. The maximum atomic E-state index is 7.06. The lowest BCUT2D eigenvalue weighted by molar-refractivity contribution is 0.258. The second kappa shape index (κ2) is 72.0. The lowest BCUT2D eigenvalue weighted by atomic mass is 10.1. The van der Waals surface area contributed by atoms with Gasteiger partial charge in [-0.25, -0.2) is 29.9 Å². The molecule has 0 atom stereocenters. The van der Waals surface area contributed by atoms with Crippen molar-refractivity contribution in [2.75, 3.05) is 52.9 Å². The summed E-state index contributed by atoms with van der Waals surface area (Å²) in [5.74, 6) is 7.45. The predicted molar refractivity (Wildman–Crippen MR) is 578 cm³/mol. The molecule has 2 aliphatic rings. The van der Waals surface area contributed by atoms with Crippen LogP contribution >= 0.6 is 0 Å². The molecule has 0 fully saturated rings. The smallest absolute Gasteiger partial charge is 0.164 e. The molecule has 0 radical (unpaired) electrons. The molecule has 7 aromatic rings. The number of hydrogen-bond donors (Lipinski definition) is 2. The number of nitrogens with one attached hydrogen (secondary N) is 2. The largest absolute Gasteiger partial charge is 0.490 e. The highest BCUT2D eigenvalue weighted by Crippen LogP contribution is 2.47. The molecular weight excluding hydrogens is 1680 g/mol. The topological polar surface area (TPSA) is 183 Å². The number of hydrogen-bond acceptors (Lipinski definition) is 14. The zero-order chi connectivity index (χ0) is 95.4. The molecule has 8 bridgehead atoms. The number of nitrogens with zero attached hydrogens (tertiary/aromatic N) is 6. The van der Waals surface area contributed by atoms with Gasteiger partial charge in [0.25, 0.3) is 0 Å². The summed E-state index contributed by atoms with van der Waals surface area (Å²) < 4.78 is 56.5. The standard InChI is InChI=1S/C120H194N8O8/c1-9-17-25-33-41-49-57-65-73-81-129-105-89-97-98(90-106(105)130-82-74-66-58-50-42-34-26-18-10-2)114-121-113(97)125-115-99-91-107(131-83-75-67-59-51-43-35-27-19-11-3)108(132-84-76-68-60-52-44-36-28-20-12-4)92-100(99)117(122-115)127-119-103-95-111(135-87-79-71-63-55-47-39-31-23-15-7)112(136-88-80-72-64-56-48-40-32-24-16-8)96-104(103)120(124-119)128-118-102-94-110(134-86-78-70-62-54-46-38-30-22-14-6)109(93-101(102)116(123-118)126-114)133-85-77-69-61-53-45-37-29-21-13-5/h89-96H,9-88H2,1-8H3,(H2,121,122,123,124,125,126,127,128). The van der Waals surface area contributed by atoms with Gasteiger partial charge in [-0.05, 0) is 99.9 Å². The Bertz CT molecular complexity index is 3910. The van der Waals surface area contributed by atoms with Crippen LogP contribution in [-0.2, 0) is 0 Å². The van der Waals surface area contributed by atoms with Crippen LogP contribution in [0.5, 0.6) is 46.0 Å². The highest BCUT2D eigenvalue weighted by atomic mass is 16.5. The van der Waals surface area contributed by atoms with Crippen molar-refractivity contribution in [3.63, 3.8) is 0 Å². The van der Waals surface area contributed by atoms with E-state index in [0.717, 1.165) is 147 Å². The Labute approximate surface area is 827 Å². The van der Waals surface area contributed by atoms with Crippen LogP contribution in [0, 0.1) is 0 Å². The lowest BCUT2D eigenvalue weighted by Gasteiger charge is -2.15. The third-order valence-corrected chi connectivity index (χ3v) is 28.1. The molecule has 0 aliphatic carbocycles. The summed E-state index contributed by atoms with van der Waals surface area (Å²) in [6.45, 7) is 22.9. The van der Waals surface area contributed by atoms with Gasteiger partial charge in [0.2, 0.25) is 0 Å². The average molecular weight is 1880 g/mol. The molecule has 2 N–H and O–H groups in total. The predicted octanol–water partition coefficient (Wildman–Crippen LogP) is 38.1. The number of fused-ring (bicyclic) bond motifs is 20. The third-order valence-electron chi connectivity index (χ3n) is 28.1. The van der Waals surface area contributed by atoms with E-state index in [-0.39, 0.29) is 0 Å². The van der Waals surface area contributed by atoms with Gasteiger partial charge in [-0.3, -0.25) is 0 Å². The van der Waals surface area contributed by atoms with Crippen molar-refractivity contribution < 1.29 is 37.9 Å². The minimum absolute atomic E-state index is 0.484. The van der Waals surface area contributed by atoms with Crippen LogP contribution in [0.15, 0.2) is 48.5 Å². The third kappa shape index (κ3) is 42.6. The quantitative estimate of drug-likeness (QED) is 0.0343. The van der Waals surface area contributed by atoms with Gasteiger partial charge in [0.05, 0.1) is 52.9 Å². The van der Waals surface area contributed by atoms with Gasteiger partial charge in [0.15, 0.2) is 69.3 Å². The molecule has 5 heterocycles. The molecule has 136 heavy (non-hydrogen) atoms. The van der Waals surface area contributed by atoms with Crippen LogP contribution in [0.3, 0.4) is 0 Å². The molecule has 0 amide bonds. The first-order valence-electron chi connectivity index (χ1n) is 57.9. The van der Waals surface area contributed by atoms with Crippen LogP contribution < -0.4 is 37.9 Å². The summed E-state index contributed by atoms with van der Waals surface area (Å²) in [7, 11) is 0. The van der Waals surface area contributed by atoms with E-state index in [2.05, 4.69) is 114 Å². The molecule has 4 aromatic carbocycles. The highest BCUT2D eigenvalue weighted by molar-refractivity contribution is 6.08. The fourth-order valence-electron chi connectivity index (χ4n) is 19.5. The maximum absolute atomic E-state index is 7.06. The van der Waals surface area contributed by atoms with Crippen molar-refractivity contribution in [1.82, 2.24) is 39.9 Å². The maximum Gasteiger partial charge on any atom is 0.164 e. The summed E-state index contributed by atoms with van der Waals surface area (Å²) in [5, 5.41) is 3.28. The van der Waals surface area contributed by atoms with E-state index in [0.29, 0.717) is 145 Å². The number of aromatic nitrogens is 8. The van der Waals surface area contributed by atoms with Crippen LogP contribution in [0.4, 0.5) is 0 Å². The molecular formula is C120H194N8O8. The average Bonchev–Trinajstić information content (AvgIpc) is 1.59. The molecule has 16 heteroatoms. The van der Waals surface area contributed by atoms with Gasteiger partial charge < -0.3 is 47.9 Å². The molecule has 2 aliphatic heterocycles. The second-order valence-corrected chi connectivity index (χ2v) is 40.4. The van der Waals surface area contributed by atoms with Crippen molar-refractivity contribution in [3.05, 3.63) is 48.5 Å². The Balaban J connectivity index is 1.26. The summed E-state index contributed by atoms with van der Waals surface area (Å²) in [6, 6.07) is 17.1. The number of H-pyrrole nitrogens is 2. The van der Waals surface area contributed by atoms with Gasteiger partial charge in [0, 0.05) is 43.8 Å². The first-order valence-corrected chi connectivity index (χ1v) is 57.9. The molecule has 0 spiro atoms. The molecule has 9 rings (SSSR count). The molecule has 762 valence electrons. The van der Waals surface area contributed by atoms with Crippen LogP contribution in [0.1, 0.15) is 518 Å². The van der Waals surface area contributed by atoms with Crippen molar-refractivity contribution in [2.45, 2.75) is 518 Å². The first-order chi connectivity index (χ1) is 67.3. The molecule has 16 nitrogen and oxygen atoms in total. The summed E-state index contributed by atoms with van der Waals surface area (Å²) >= 11 is 0. The first kappa shape index (κ1) is 112. The van der Waals surface area contributed by atoms with E-state index < -0.39 is 0 Å². The summed E-state index contributed by atoms with van der Waals surface area (Å²) in [6.07, 6.45) is 88.1. The van der Waals surface area contributed by atoms with Gasteiger partial charge in [-0.2, -0.15) is 0 Å². The van der Waals surface area contributed by atoms with Gasteiger partial charge in [0.1, 0.15) is 22.6 Å². The molecule has 3 aromatic heterocycles. The van der Waals surface area contributed by atoms with Crippen LogP contribution in [0.25, 0.3) is 89.7 Å². The monoisotopic (exact) mass is 1880 g/mol. The Kier molecular flexibility index (Phi) is 59.4. The van der Waals surface area contributed by atoms with E-state index in [4.69, 9.17) is 67.8 Å². The minimum atomic E-state index is 0.484. The van der Waals surface area contributed by atoms with Crippen molar-refractivity contribution in [1.29, 1.82) is 0 Å². The van der Waals surface area contributed by atoms with E-state index in [1.807, 2.05) is 0 Å². The molecule has 0 unspecified atom stereocenters. The Morgan fingerprint density at radius 1 is 0.147 bits per heavy atom. The minimum Gasteiger partial charge on any atom is -0.490 e. The van der Waals surface area contributed by atoms with Crippen molar-refractivity contribution in [3.8, 4) is 91.5 Å². The van der Waals surface area contributed by atoms with Crippen molar-refractivity contribution in [2.24, 2.45) is 0 Å².